The van der Waals surface area contributed by atoms with E-state index in [9.17, 15) is 0 Å². The van der Waals surface area contributed by atoms with Crippen molar-refractivity contribution in [1.82, 2.24) is 9.97 Å². The van der Waals surface area contributed by atoms with Crippen molar-refractivity contribution in [1.29, 1.82) is 0 Å². The van der Waals surface area contributed by atoms with Gasteiger partial charge in [0.05, 0.1) is 11.4 Å². The second kappa shape index (κ2) is 11.1. The maximum atomic E-state index is 6.96. The molecular formula is C49H30N2O. The van der Waals surface area contributed by atoms with Crippen LogP contribution in [0.4, 0.5) is 0 Å². The van der Waals surface area contributed by atoms with Crippen LogP contribution in [0.2, 0.25) is 0 Å². The van der Waals surface area contributed by atoms with Gasteiger partial charge in [-0.1, -0.05) is 164 Å². The Balaban J connectivity index is 1.15. The van der Waals surface area contributed by atoms with E-state index in [4.69, 9.17) is 14.4 Å². The van der Waals surface area contributed by atoms with Gasteiger partial charge in [0.1, 0.15) is 16.8 Å². The Hall–Kier alpha value is -6.84. The van der Waals surface area contributed by atoms with Crippen LogP contribution in [-0.2, 0) is 5.41 Å². The van der Waals surface area contributed by atoms with Crippen molar-refractivity contribution in [3.63, 3.8) is 0 Å². The van der Waals surface area contributed by atoms with Crippen LogP contribution in [0.5, 0.6) is 0 Å². The van der Waals surface area contributed by atoms with E-state index in [1.54, 1.807) is 0 Å². The average Bonchev–Trinajstić information content (AvgIpc) is 3.85. The van der Waals surface area contributed by atoms with Gasteiger partial charge < -0.3 is 4.42 Å². The van der Waals surface area contributed by atoms with Gasteiger partial charge >= 0.3 is 0 Å². The minimum Gasteiger partial charge on any atom is -0.459 e. The summed E-state index contributed by atoms with van der Waals surface area (Å²) >= 11 is 0. The summed E-state index contributed by atoms with van der Waals surface area (Å²) in [6.45, 7) is 0. The fraction of sp³-hybridized carbons (Fsp3) is 0.0204. The lowest BCUT2D eigenvalue weighted by Crippen LogP contribution is -2.25. The molecule has 11 rings (SSSR count). The number of furan rings is 1. The number of aromatic nitrogens is 2. The van der Waals surface area contributed by atoms with Crippen LogP contribution in [0.1, 0.15) is 22.5 Å². The Morgan fingerprint density at radius 3 is 1.63 bits per heavy atom. The highest BCUT2D eigenvalue weighted by atomic mass is 16.3. The van der Waals surface area contributed by atoms with Crippen molar-refractivity contribution >= 4 is 11.0 Å². The molecule has 2 aliphatic rings. The largest absolute Gasteiger partial charge is 0.459 e. The zero-order chi connectivity index (χ0) is 34.2. The second-order valence-electron chi connectivity index (χ2n) is 13.7. The lowest BCUT2D eigenvalue weighted by atomic mass is 9.73. The molecule has 2 heterocycles. The zero-order valence-electron chi connectivity index (χ0n) is 28.1. The molecule has 2 aromatic heterocycles. The molecule has 0 aliphatic heterocycles. The molecule has 242 valence electrons. The Kier molecular flexibility index (Phi) is 6.17. The summed E-state index contributed by atoms with van der Waals surface area (Å²) in [6, 6.07) is 64.5. The SMILES string of the molecule is c1ccc(-c2ccc(-c3cc(-c4ccc5c(c4)C4(c6ccccc6-c6ccccc64)c4oc6ccccc6c4-5)nc(-c4ccccc4)n3)cc2)cc1. The summed E-state index contributed by atoms with van der Waals surface area (Å²) < 4.78 is 6.96. The first kappa shape index (κ1) is 28.9. The summed E-state index contributed by atoms with van der Waals surface area (Å²) in [7, 11) is 0. The van der Waals surface area contributed by atoms with Gasteiger partial charge in [-0.15, -0.1) is 0 Å². The molecule has 52 heavy (non-hydrogen) atoms. The highest BCUT2D eigenvalue weighted by Crippen LogP contribution is 2.64. The molecule has 0 saturated heterocycles. The normalized spacial score (nSPS) is 13.2. The summed E-state index contributed by atoms with van der Waals surface area (Å²) in [6.07, 6.45) is 0. The first-order chi connectivity index (χ1) is 25.8. The van der Waals surface area contributed by atoms with Crippen LogP contribution in [0, 0.1) is 0 Å². The fourth-order valence-corrected chi connectivity index (χ4v) is 8.62. The van der Waals surface area contributed by atoms with Crippen LogP contribution in [0.15, 0.2) is 186 Å². The Bertz CT molecular complexity index is 2790. The van der Waals surface area contributed by atoms with Crippen LogP contribution >= 0.6 is 0 Å². The van der Waals surface area contributed by atoms with E-state index in [2.05, 4.69) is 158 Å². The smallest absolute Gasteiger partial charge is 0.160 e. The number of hydrogen-bond donors (Lipinski definition) is 0. The molecule has 0 atom stereocenters. The van der Waals surface area contributed by atoms with Gasteiger partial charge in [-0.3, -0.25) is 0 Å². The second-order valence-corrected chi connectivity index (χ2v) is 13.7. The van der Waals surface area contributed by atoms with Gasteiger partial charge in [0.2, 0.25) is 0 Å². The minimum absolute atomic E-state index is 0.599. The highest BCUT2D eigenvalue weighted by Gasteiger charge is 2.55. The third-order valence-electron chi connectivity index (χ3n) is 10.9. The van der Waals surface area contributed by atoms with Crippen molar-refractivity contribution in [3.8, 4) is 67.3 Å². The maximum Gasteiger partial charge on any atom is 0.160 e. The number of benzene rings is 7. The third kappa shape index (κ3) is 4.08. The molecule has 2 aliphatic carbocycles. The lowest BCUT2D eigenvalue weighted by Gasteiger charge is -2.28. The van der Waals surface area contributed by atoms with Crippen molar-refractivity contribution in [2.24, 2.45) is 0 Å². The lowest BCUT2D eigenvalue weighted by molar-refractivity contribution is 0.507. The van der Waals surface area contributed by atoms with Crippen molar-refractivity contribution < 1.29 is 4.42 Å². The van der Waals surface area contributed by atoms with Gasteiger partial charge in [0.15, 0.2) is 5.82 Å². The van der Waals surface area contributed by atoms with Crippen LogP contribution in [0.25, 0.3) is 78.3 Å². The molecule has 0 N–H and O–H groups in total. The number of hydrogen-bond acceptors (Lipinski definition) is 3. The molecule has 3 heteroatoms. The van der Waals surface area contributed by atoms with Crippen LogP contribution in [-0.4, -0.2) is 9.97 Å². The predicted molar refractivity (Wildman–Crippen MR) is 210 cm³/mol. The Morgan fingerprint density at radius 1 is 0.385 bits per heavy atom. The van der Waals surface area contributed by atoms with Crippen LogP contribution in [0.3, 0.4) is 0 Å². The van der Waals surface area contributed by atoms with E-state index < -0.39 is 5.41 Å². The van der Waals surface area contributed by atoms with Gasteiger partial charge in [-0.05, 0) is 62.7 Å². The Labute approximate surface area is 301 Å². The fourth-order valence-electron chi connectivity index (χ4n) is 8.62. The summed E-state index contributed by atoms with van der Waals surface area (Å²) in [5.41, 5.74) is 16.1. The van der Waals surface area contributed by atoms with E-state index in [0.29, 0.717) is 5.82 Å². The topological polar surface area (TPSA) is 38.9 Å². The molecule has 0 radical (unpaired) electrons. The van der Waals surface area contributed by atoms with Crippen molar-refractivity contribution in [3.05, 3.63) is 204 Å². The number of para-hydroxylation sites is 1. The van der Waals surface area contributed by atoms with Crippen molar-refractivity contribution in [2.45, 2.75) is 5.41 Å². The highest BCUT2D eigenvalue weighted by molar-refractivity contribution is 6.05. The Morgan fingerprint density at radius 2 is 0.923 bits per heavy atom. The maximum absolute atomic E-state index is 6.96. The molecule has 9 aromatic rings. The predicted octanol–water partition coefficient (Wildman–Crippen LogP) is 12.2. The summed E-state index contributed by atoms with van der Waals surface area (Å²) in [5.74, 6) is 1.69. The zero-order valence-corrected chi connectivity index (χ0v) is 28.1. The molecule has 7 aromatic carbocycles. The molecule has 0 saturated carbocycles. The molecule has 3 nitrogen and oxygen atoms in total. The number of nitrogens with zero attached hydrogens (tertiary/aromatic N) is 2. The number of rotatable bonds is 4. The minimum atomic E-state index is -0.599. The van der Waals surface area contributed by atoms with Gasteiger partial charge in [0, 0.05) is 27.6 Å². The van der Waals surface area contributed by atoms with Crippen molar-refractivity contribution in [2.75, 3.05) is 0 Å². The third-order valence-corrected chi connectivity index (χ3v) is 10.9. The average molecular weight is 663 g/mol. The molecule has 0 unspecified atom stereocenters. The first-order valence-electron chi connectivity index (χ1n) is 17.7. The van der Waals surface area contributed by atoms with E-state index in [-0.39, 0.29) is 0 Å². The summed E-state index contributed by atoms with van der Waals surface area (Å²) in [4.78, 5) is 10.4. The van der Waals surface area contributed by atoms with Gasteiger partial charge in [0.25, 0.3) is 0 Å². The quantitative estimate of drug-likeness (QED) is 0.188. The van der Waals surface area contributed by atoms with Gasteiger partial charge in [-0.2, -0.15) is 0 Å². The van der Waals surface area contributed by atoms with E-state index >= 15 is 0 Å². The first-order valence-corrected chi connectivity index (χ1v) is 17.7. The van der Waals surface area contributed by atoms with Crippen LogP contribution < -0.4 is 0 Å². The molecule has 0 fully saturated rings. The standard InChI is InChI=1S/C49H30N2O/c1-3-13-31(14-4-1)32-23-25-33(26-24-32)43-30-44(51-48(50-43)34-15-5-2-6-16-34)35-27-28-38-42(29-35)49(47-46(38)39-19-9-12-22-45(39)52-47)40-20-10-7-17-36(40)37-18-8-11-21-41(37)49/h1-30H. The molecule has 1 spiro atoms. The van der Waals surface area contributed by atoms with Gasteiger partial charge in [-0.25, -0.2) is 9.97 Å². The monoisotopic (exact) mass is 662 g/mol. The van der Waals surface area contributed by atoms with E-state index in [0.717, 1.165) is 44.8 Å². The molecule has 0 amide bonds. The molecule has 0 bridgehead atoms. The van der Waals surface area contributed by atoms with E-state index in [1.807, 2.05) is 24.3 Å². The summed E-state index contributed by atoms with van der Waals surface area (Å²) in [5, 5.41) is 1.14. The number of fused-ring (bicyclic) bond motifs is 12. The molecular weight excluding hydrogens is 633 g/mol. The van der Waals surface area contributed by atoms with E-state index in [1.165, 1.54) is 50.1 Å².